The van der Waals surface area contributed by atoms with Gasteiger partial charge in [0.1, 0.15) is 0 Å². The van der Waals surface area contributed by atoms with Gasteiger partial charge in [0, 0.05) is 0 Å². The molecule has 0 N–H and O–H groups in total. The molecule has 1 aliphatic rings. The Hall–Kier alpha value is -0.780. The van der Waals surface area contributed by atoms with Crippen molar-refractivity contribution < 1.29 is 0 Å². The van der Waals surface area contributed by atoms with Crippen LogP contribution in [0, 0.1) is 19.8 Å². The van der Waals surface area contributed by atoms with Crippen LogP contribution in [0.3, 0.4) is 0 Å². The maximum Gasteiger partial charge on any atom is -0.0134 e. The Morgan fingerprint density at radius 2 is 1.93 bits per heavy atom. The summed E-state index contributed by atoms with van der Waals surface area (Å²) in [4.78, 5) is 0. The van der Waals surface area contributed by atoms with Crippen LogP contribution < -0.4 is 0 Å². The summed E-state index contributed by atoms with van der Waals surface area (Å²) in [5.74, 6) is 1.71. The number of hydrogen-bond acceptors (Lipinski definition) is 0. The van der Waals surface area contributed by atoms with Crippen LogP contribution in [0.5, 0.6) is 0 Å². The fourth-order valence-corrected chi connectivity index (χ4v) is 2.85. The van der Waals surface area contributed by atoms with Crippen molar-refractivity contribution >= 4 is 0 Å². The third kappa shape index (κ3) is 1.70. The maximum absolute atomic E-state index is 2.40. The first-order valence-electron chi connectivity index (χ1n) is 5.75. The minimum atomic E-state index is 0.829. The molecule has 1 fully saturated rings. The summed E-state index contributed by atoms with van der Waals surface area (Å²) in [7, 11) is 0. The van der Waals surface area contributed by atoms with E-state index in [1.807, 2.05) is 0 Å². The minimum Gasteiger partial charge on any atom is -0.0619 e. The Labute approximate surface area is 87.3 Å². The Morgan fingerprint density at radius 3 is 2.50 bits per heavy atom. The van der Waals surface area contributed by atoms with Gasteiger partial charge in [0.15, 0.2) is 0 Å². The van der Waals surface area contributed by atoms with E-state index in [0.29, 0.717) is 0 Å². The normalized spacial score (nSPS) is 26.8. The molecule has 2 atom stereocenters. The van der Waals surface area contributed by atoms with Crippen molar-refractivity contribution in [2.75, 3.05) is 0 Å². The second-order valence-electron chi connectivity index (χ2n) is 4.87. The molecule has 0 saturated heterocycles. The van der Waals surface area contributed by atoms with Gasteiger partial charge in [-0.05, 0) is 43.2 Å². The van der Waals surface area contributed by atoms with Crippen molar-refractivity contribution in [3.63, 3.8) is 0 Å². The molecule has 0 bridgehead atoms. The van der Waals surface area contributed by atoms with E-state index in [9.17, 15) is 0 Å². The summed E-state index contributed by atoms with van der Waals surface area (Å²) in [6, 6.07) is 6.92. The van der Waals surface area contributed by atoms with E-state index < -0.39 is 0 Å². The molecule has 1 aromatic rings. The SMILES string of the molecule is Cc1ccc(C2CCCC2C)c(C)c1. The van der Waals surface area contributed by atoms with Crippen molar-refractivity contribution in [2.24, 2.45) is 5.92 Å². The second kappa shape index (κ2) is 3.76. The van der Waals surface area contributed by atoms with E-state index in [1.165, 1.54) is 30.4 Å². The minimum absolute atomic E-state index is 0.829. The van der Waals surface area contributed by atoms with E-state index in [4.69, 9.17) is 0 Å². The molecule has 0 nitrogen and oxygen atoms in total. The van der Waals surface area contributed by atoms with E-state index >= 15 is 0 Å². The van der Waals surface area contributed by atoms with E-state index in [2.05, 4.69) is 39.0 Å². The highest BCUT2D eigenvalue weighted by molar-refractivity contribution is 5.33. The average Bonchev–Trinajstić information content (AvgIpc) is 2.52. The summed E-state index contributed by atoms with van der Waals surface area (Å²) >= 11 is 0. The number of aryl methyl sites for hydroxylation is 2. The number of benzene rings is 1. The van der Waals surface area contributed by atoms with Gasteiger partial charge < -0.3 is 0 Å². The largest absolute Gasteiger partial charge is 0.0619 e. The van der Waals surface area contributed by atoms with E-state index in [-0.39, 0.29) is 0 Å². The third-order valence-corrected chi connectivity index (χ3v) is 3.69. The summed E-state index contributed by atoms with van der Waals surface area (Å²) in [5.41, 5.74) is 4.47. The van der Waals surface area contributed by atoms with Crippen molar-refractivity contribution in [3.8, 4) is 0 Å². The molecule has 1 aliphatic carbocycles. The van der Waals surface area contributed by atoms with Gasteiger partial charge in [0.2, 0.25) is 0 Å². The van der Waals surface area contributed by atoms with Crippen LogP contribution in [-0.2, 0) is 0 Å². The zero-order chi connectivity index (χ0) is 10.1. The van der Waals surface area contributed by atoms with Crippen LogP contribution in [0.2, 0.25) is 0 Å². The standard InChI is InChI=1S/C14H20/c1-10-7-8-14(12(3)9-10)13-6-4-5-11(13)2/h7-9,11,13H,4-6H2,1-3H3. The zero-order valence-electron chi connectivity index (χ0n) is 9.51. The molecule has 2 rings (SSSR count). The topological polar surface area (TPSA) is 0 Å². The monoisotopic (exact) mass is 188 g/mol. The quantitative estimate of drug-likeness (QED) is 0.619. The highest BCUT2D eigenvalue weighted by Crippen LogP contribution is 2.40. The molecular formula is C14H20. The fourth-order valence-electron chi connectivity index (χ4n) is 2.85. The maximum atomic E-state index is 2.40. The molecule has 0 aliphatic heterocycles. The molecule has 1 aromatic carbocycles. The smallest absolute Gasteiger partial charge is 0.0134 e. The predicted octanol–water partition coefficient (Wildman–Crippen LogP) is 4.21. The molecule has 1 saturated carbocycles. The first kappa shape index (κ1) is 9.76. The molecule has 0 aromatic heterocycles. The van der Waals surface area contributed by atoms with Gasteiger partial charge in [-0.1, -0.05) is 43.5 Å². The molecule has 0 heterocycles. The summed E-state index contributed by atoms with van der Waals surface area (Å²) in [6.07, 6.45) is 4.22. The first-order chi connectivity index (χ1) is 6.68. The Morgan fingerprint density at radius 1 is 1.14 bits per heavy atom. The van der Waals surface area contributed by atoms with Crippen LogP contribution in [0.15, 0.2) is 18.2 Å². The Bertz CT molecular complexity index is 325. The summed E-state index contributed by atoms with van der Waals surface area (Å²) in [5, 5.41) is 0. The van der Waals surface area contributed by atoms with Crippen molar-refractivity contribution in [1.82, 2.24) is 0 Å². The Balaban J connectivity index is 2.31. The van der Waals surface area contributed by atoms with Crippen molar-refractivity contribution in [2.45, 2.75) is 46.0 Å². The number of hydrogen-bond donors (Lipinski definition) is 0. The lowest BCUT2D eigenvalue weighted by molar-refractivity contribution is 0.531. The molecule has 2 unspecified atom stereocenters. The van der Waals surface area contributed by atoms with Gasteiger partial charge in [-0.2, -0.15) is 0 Å². The fraction of sp³-hybridized carbons (Fsp3) is 0.571. The molecule has 0 radical (unpaired) electrons. The van der Waals surface area contributed by atoms with Crippen molar-refractivity contribution in [3.05, 3.63) is 34.9 Å². The second-order valence-corrected chi connectivity index (χ2v) is 4.87. The molecule has 76 valence electrons. The van der Waals surface area contributed by atoms with Crippen LogP contribution in [0.1, 0.15) is 48.8 Å². The van der Waals surface area contributed by atoms with Crippen LogP contribution >= 0.6 is 0 Å². The van der Waals surface area contributed by atoms with Gasteiger partial charge in [-0.25, -0.2) is 0 Å². The highest BCUT2D eigenvalue weighted by Gasteiger charge is 2.25. The molecule has 0 spiro atoms. The van der Waals surface area contributed by atoms with Gasteiger partial charge >= 0.3 is 0 Å². The molecule has 0 amide bonds. The average molecular weight is 188 g/mol. The summed E-state index contributed by atoms with van der Waals surface area (Å²) < 4.78 is 0. The predicted molar refractivity (Wildman–Crippen MR) is 61.7 cm³/mol. The van der Waals surface area contributed by atoms with Crippen LogP contribution in [-0.4, -0.2) is 0 Å². The molecule has 0 heteroatoms. The van der Waals surface area contributed by atoms with Crippen LogP contribution in [0.25, 0.3) is 0 Å². The van der Waals surface area contributed by atoms with Gasteiger partial charge in [0.05, 0.1) is 0 Å². The zero-order valence-corrected chi connectivity index (χ0v) is 9.51. The van der Waals surface area contributed by atoms with E-state index in [0.717, 1.165) is 11.8 Å². The summed E-state index contributed by atoms with van der Waals surface area (Å²) in [6.45, 7) is 6.83. The highest BCUT2D eigenvalue weighted by atomic mass is 14.3. The lowest BCUT2D eigenvalue weighted by Gasteiger charge is -2.18. The third-order valence-electron chi connectivity index (χ3n) is 3.69. The van der Waals surface area contributed by atoms with Crippen LogP contribution in [0.4, 0.5) is 0 Å². The van der Waals surface area contributed by atoms with Gasteiger partial charge in [-0.15, -0.1) is 0 Å². The lowest BCUT2D eigenvalue weighted by atomic mass is 9.87. The van der Waals surface area contributed by atoms with Crippen molar-refractivity contribution in [1.29, 1.82) is 0 Å². The molecule has 14 heavy (non-hydrogen) atoms. The Kier molecular flexibility index (Phi) is 2.62. The van der Waals surface area contributed by atoms with Gasteiger partial charge in [-0.3, -0.25) is 0 Å². The van der Waals surface area contributed by atoms with E-state index in [1.54, 1.807) is 5.56 Å². The lowest BCUT2D eigenvalue weighted by Crippen LogP contribution is -2.04. The van der Waals surface area contributed by atoms with Gasteiger partial charge in [0.25, 0.3) is 0 Å². The number of rotatable bonds is 1. The molecular weight excluding hydrogens is 168 g/mol. The first-order valence-corrected chi connectivity index (χ1v) is 5.75.